The molecule has 0 aliphatic carbocycles. The van der Waals surface area contributed by atoms with Gasteiger partial charge in [0.25, 0.3) is 0 Å². The van der Waals surface area contributed by atoms with Crippen molar-refractivity contribution in [3.8, 4) is 0 Å². The third-order valence-corrected chi connectivity index (χ3v) is 3.07. The van der Waals surface area contributed by atoms with E-state index in [9.17, 15) is 4.79 Å². The Morgan fingerprint density at radius 2 is 2.20 bits per heavy atom. The molecule has 0 spiro atoms. The summed E-state index contributed by atoms with van der Waals surface area (Å²) in [6, 6.07) is 8.41. The van der Waals surface area contributed by atoms with Gasteiger partial charge in [-0.15, -0.1) is 0 Å². The molecule has 0 atom stereocenters. The lowest BCUT2D eigenvalue weighted by Crippen LogP contribution is -2.34. The molecule has 1 aromatic carbocycles. The predicted octanol–water partition coefficient (Wildman–Crippen LogP) is 2.95. The van der Waals surface area contributed by atoms with Gasteiger partial charge in [0, 0.05) is 26.7 Å². The average molecular weight is 278 g/mol. The summed E-state index contributed by atoms with van der Waals surface area (Å²) in [4.78, 5) is 13.2. The molecule has 0 unspecified atom stereocenters. The smallest absolute Gasteiger partial charge is 0.409 e. The number of nitrogens with zero attached hydrogens (tertiary/aromatic N) is 1. The first-order valence-corrected chi connectivity index (χ1v) is 7.27. The van der Waals surface area contributed by atoms with Crippen molar-refractivity contribution in [2.24, 2.45) is 0 Å². The van der Waals surface area contributed by atoms with E-state index in [1.165, 1.54) is 11.1 Å². The highest BCUT2D eigenvalue weighted by Gasteiger charge is 2.08. The van der Waals surface area contributed by atoms with Crippen LogP contribution in [0, 0.1) is 6.92 Å². The molecule has 112 valence electrons. The molecule has 20 heavy (non-hydrogen) atoms. The number of carbonyl (C=O) groups is 1. The van der Waals surface area contributed by atoms with Crippen molar-refractivity contribution < 1.29 is 9.53 Å². The van der Waals surface area contributed by atoms with Crippen molar-refractivity contribution in [3.05, 3.63) is 35.4 Å². The van der Waals surface area contributed by atoms with Gasteiger partial charge in [-0.25, -0.2) is 4.79 Å². The summed E-state index contributed by atoms with van der Waals surface area (Å²) in [6.07, 6.45) is 1.72. The van der Waals surface area contributed by atoms with Crippen LogP contribution in [0.2, 0.25) is 0 Å². The lowest BCUT2D eigenvalue weighted by Gasteiger charge is -2.17. The largest absolute Gasteiger partial charge is 0.449 e. The first-order valence-electron chi connectivity index (χ1n) is 7.27. The Balaban J connectivity index is 2.15. The zero-order valence-corrected chi connectivity index (χ0v) is 12.8. The zero-order valence-electron chi connectivity index (χ0n) is 12.8. The minimum Gasteiger partial charge on any atom is -0.449 e. The highest BCUT2D eigenvalue weighted by atomic mass is 16.6. The first-order chi connectivity index (χ1) is 9.63. The normalized spacial score (nSPS) is 10.3. The number of hydrogen-bond donors (Lipinski definition) is 1. The number of benzene rings is 1. The summed E-state index contributed by atoms with van der Waals surface area (Å²) < 4.78 is 5.13. The molecule has 0 heterocycles. The molecule has 1 rings (SSSR count). The van der Waals surface area contributed by atoms with Gasteiger partial charge in [0.05, 0.1) is 6.61 Å². The van der Waals surface area contributed by atoms with Crippen molar-refractivity contribution >= 4 is 6.09 Å². The van der Waals surface area contributed by atoms with E-state index >= 15 is 0 Å². The van der Waals surface area contributed by atoms with Crippen molar-refractivity contribution in [1.82, 2.24) is 10.2 Å². The van der Waals surface area contributed by atoms with Crippen LogP contribution in [-0.2, 0) is 11.3 Å². The third-order valence-electron chi connectivity index (χ3n) is 3.07. The lowest BCUT2D eigenvalue weighted by molar-refractivity contribution is 0.110. The first kappa shape index (κ1) is 16.5. The van der Waals surface area contributed by atoms with E-state index in [1.807, 2.05) is 0 Å². The van der Waals surface area contributed by atoms with Gasteiger partial charge in [-0.1, -0.05) is 43.2 Å². The Kier molecular flexibility index (Phi) is 7.73. The standard InChI is InChI=1S/C16H26N2O2/c1-4-5-11-20-16(19)18(3)10-9-17-13-15-8-6-7-14(2)12-15/h6-8,12,17H,4-5,9-11,13H2,1-3H3. The second kappa shape index (κ2) is 9.37. The van der Waals surface area contributed by atoms with E-state index in [0.717, 1.165) is 25.9 Å². The summed E-state index contributed by atoms with van der Waals surface area (Å²) >= 11 is 0. The summed E-state index contributed by atoms with van der Waals surface area (Å²) in [5, 5.41) is 3.33. The third kappa shape index (κ3) is 6.57. The monoisotopic (exact) mass is 278 g/mol. The summed E-state index contributed by atoms with van der Waals surface area (Å²) in [5.41, 5.74) is 2.53. The molecule has 4 heteroatoms. The van der Waals surface area contributed by atoms with Crippen LogP contribution in [0.15, 0.2) is 24.3 Å². The van der Waals surface area contributed by atoms with E-state index in [4.69, 9.17) is 4.74 Å². The number of likely N-dealkylation sites (N-methyl/N-ethyl adjacent to an activating group) is 1. The molecule has 0 fully saturated rings. The zero-order chi connectivity index (χ0) is 14.8. The number of nitrogens with one attached hydrogen (secondary N) is 1. The SMILES string of the molecule is CCCCOC(=O)N(C)CCNCc1cccc(C)c1. The fourth-order valence-corrected chi connectivity index (χ4v) is 1.81. The van der Waals surface area contributed by atoms with Crippen molar-refractivity contribution in [2.45, 2.75) is 33.2 Å². The van der Waals surface area contributed by atoms with Crippen LogP contribution in [0.25, 0.3) is 0 Å². The van der Waals surface area contributed by atoms with Gasteiger partial charge < -0.3 is 15.0 Å². The second-order valence-corrected chi connectivity index (χ2v) is 5.06. The Morgan fingerprint density at radius 1 is 1.40 bits per heavy atom. The molecule has 0 aliphatic rings. The molecular formula is C16H26N2O2. The Labute approximate surface area is 122 Å². The highest BCUT2D eigenvalue weighted by Crippen LogP contribution is 2.03. The number of carbonyl (C=O) groups excluding carboxylic acids is 1. The number of amides is 1. The van der Waals surface area contributed by atoms with Crippen LogP contribution in [0.1, 0.15) is 30.9 Å². The summed E-state index contributed by atoms with van der Waals surface area (Å²) in [7, 11) is 1.77. The Hall–Kier alpha value is -1.55. The van der Waals surface area contributed by atoms with E-state index in [-0.39, 0.29) is 6.09 Å². The van der Waals surface area contributed by atoms with Crippen LogP contribution in [0.4, 0.5) is 4.79 Å². The second-order valence-electron chi connectivity index (χ2n) is 5.06. The fraction of sp³-hybridized carbons (Fsp3) is 0.562. The van der Waals surface area contributed by atoms with Gasteiger partial charge in [-0.05, 0) is 18.9 Å². The summed E-state index contributed by atoms with van der Waals surface area (Å²) in [5.74, 6) is 0. The minimum absolute atomic E-state index is 0.240. The molecule has 0 saturated carbocycles. The number of unbranched alkanes of at least 4 members (excludes halogenated alkanes) is 1. The number of rotatable bonds is 8. The molecule has 1 amide bonds. The minimum atomic E-state index is -0.240. The number of hydrogen-bond acceptors (Lipinski definition) is 3. The molecule has 4 nitrogen and oxygen atoms in total. The van der Waals surface area contributed by atoms with Crippen LogP contribution >= 0.6 is 0 Å². The molecule has 0 radical (unpaired) electrons. The summed E-state index contributed by atoms with van der Waals surface area (Å²) in [6.45, 7) is 6.90. The molecule has 1 N–H and O–H groups in total. The van der Waals surface area contributed by atoms with Gasteiger partial charge in [0.1, 0.15) is 0 Å². The molecule has 0 aromatic heterocycles. The maximum absolute atomic E-state index is 11.6. The number of ether oxygens (including phenoxy) is 1. The Morgan fingerprint density at radius 3 is 2.90 bits per heavy atom. The van der Waals surface area contributed by atoms with Crippen LogP contribution in [-0.4, -0.2) is 37.7 Å². The quantitative estimate of drug-likeness (QED) is 0.743. The fourth-order valence-electron chi connectivity index (χ4n) is 1.81. The van der Waals surface area contributed by atoms with E-state index in [0.29, 0.717) is 13.2 Å². The highest BCUT2D eigenvalue weighted by molar-refractivity contribution is 5.67. The van der Waals surface area contributed by atoms with Crippen LogP contribution < -0.4 is 5.32 Å². The predicted molar refractivity (Wildman–Crippen MR) is 81.8 cm³/mol. The van der Waals surface area contributed by atoms with Gasteiger partial charge in [-0.3, -0.25) is 0 Å². The lowest BCUT2D eigenvalue weighted by atomic mass is 10.1. The van der Waals surface area contributed by atoms with Gasteiger partial charge in [-0.2, -0.15) is 0 Å². The van der Waals surface area contributed by atoms with E-state index in [2.05, 4.69) is 43.4 Å². The van der Waals surface area contributed by atoms with Crippen LogP contribution in [0.3, 0.4) is 0 Å². The van der Waals surface area contributed by atoms with Crippen molar-refractivity contribution in [3.63, 3.8) is 0 Å². The van der Waals surface area contributed by atoms with E-state index < -0.39 is 0 Å². The maximum atomic E-state index is 11.6. The maximum Gasteiger partial charge on any atom is 0.409 e. The molecule has 0 saturated heterocycles. The molecule has 0 bridgehead atoms. The Bertz CT molecular complexity index is 407. The van der Waals surface area contributed by atoms with E-state index in [1.54, 1.807) is 11.9 Å². The molecule has 0 aliphatic heterocycles. The van der Waals surface area contributed by atoms with Gasteiger partial charge in [0.2, 0.25) is 0 Å². The average Bonchev–Trinajstić information content (AvgIpc) is 2.43. The van der Waals surface area contributed by atoms with Gasteiger partial charge >= 0.3 is 6.09 Å². The van der Waals surface area contributed by atoms with Crippen molar-refractivity contribution in [2.75, 3.05) is 26.7 Å². The van der Waals surface area contributed by atoms with Gasteiger partial charge in [0.15, 0.2) is 0 Å². The van der Waals surface area contributed by atoms with Crippen LogP contribution in [0.5, 0.6) is 0 Å². The molecular weight excluding hydrogens is 252 g/mol. The topological polar surface area (TPSA) is 41.6 Å². The molecule has 1 aromatic rings. The number of aryl methyl sites for hydroxylation is 1. The van der Waals surface area contributed by atoms with Crippen molar-refractivity contribution in [1.29, 1.82) is 0 Å².